The molecule has 0 aromatic carbocycles. The van der Waals surface area contributed by atoms with Crippen molar-refractivity contribution in [2.24, 2.45) is 0 Å². The highest BCUT2D eigenvalue weighted by Crippen LogP contribution is 2.15. The number of aliphatic carboxylic acids is 1. The molecule has 0 amide bonds. The normalized spacial score (nSPS) is 13.6. The lowest BCUT2D eigenvalue weighted by atomic mass is 10.0. The Bertz CT molecular complexity index is 623. The van der Waals surface area contributed by atoms with Crippen LogP contribution in [0.4, 0.5) is 0 Å². The van der Waals surface area contributed by atoms with Crippen LogP contribution in [0.2, 0.25) is 0 Å². The fourth-order valence-corrected chi connectivity index (χ4v) is 3.08. The molecule has 2 nitrogen and oxygen atoms in total. The van der Waals surface area contributed by atoms with Crippen LogP contribution in [0.1, 0.15) is 106 Å². The minimum absolute atomic E-state index is 0.225. The second-order valence-corrected chi connectivity index (χ2v) is 8.57. The van der Waals surface area contributed by atoms with E-state index in [4.69, 9.17) is 5.11 Å². The van der Waals surface area contributed by atoms with Crippen molar-refractivity contribution in [2.75, 3.05) is 0 Å². The summed E-state index contributed by atoms with van der Waals surface area (Å²) in [5.74, 6) is -0.723. The first kappa shape index (κ1) is 27.2. The second-order valence-electron chi connectivity index (χ2n) is 8.57. The van der Waals surface area contributed by atoms with Gasteiger partial charge in [0.25, 0.3) is 0 Å². The van der Waals surface area contributed by atoms with Gasteiger partial charge in [-0.15, -0.1) is 0 Å². The summed E-state index contributed by atoms with van der Waals surface area (Å²) in [5, 5.41) is 8.67. The summed E-state index contributed by atoms with van der Waals surface area (Å²) in [6.45, 7) is 13.1. The Balaban J connectivity index is 4.06. The molecule has 0 saturated heterocycles. The fourth-order valence-electron chi connectivity index (χ4n) is 3.08. The third-order valence-corrected chi connectivity index (χ3v) is 5.04. The van der Waals surface area contributed by atoms with Gasteiger partial charge in [-0.05, 0) is 99.3 Å². The molecule has 164 valence electrons. The zero-order valence-corrected chi connectivity index (χ0v) is 19.8. The minimum Gasteiger partial charge on any atom is -0.481 e. The molecule has 0 heterocycles. The second kappa shape index (κ2) is 17.1. The summed E-state index contributed by atoms with van der Waals surface area (Å²) in [4.78, 5) is 10.5. The van der Waals surface area contributed by atoms with Crippen LogP contribution in [-0.2, 0) is 4.79 Å². The van der Waals surface area contributed by atoms with Gasteiger partial charge < -0.3 is 5.11 Å². The molecule has 0 radical (unpaired) electrons. The zero-order valence-electron chi connectivity index (χ0n) is 19.8. The van der Waals surface area contributed by atoms with Gasteiger partial charge in [-0.3, -0.25) is 4.79 Å². The largest absolute Gasteiger partial charge is 0.481 e. The minimum atomic E-state index is -0.723. The van der Waals surface area contributed by atoms with E-state index in [2.05, 4.69) is 71.9 Å². The first-order valence-electron chi connectivity index (χ1n) is 11.2. The zero-order chi connectivity index (χ0) is 22.1. The Kier molecular flexibility index (Phi) is 16.0. The van der Waals surface area contributed by atoms with E-state index in [9.17, 15) is 4.79 Å². The quantitative estimate of drug-likeness (QED) is 0.279. The molecule has 0 aliphatic heterocycles. The molecule has 0 rings (SSSR count). The first-order chi connectivity index (χ1) is 13.7. The van der Waals surface area contributed by atoms with E-state index in [0.717, 1.165) is 44.9 Å². The molecular weight excluding hydrogens is 356 g/mol. The highest BCUT2D eigenvalue weighted by atomic mass is 16.4. The van der Waals surface area contributed by atoms with E-state index in [1.54, 1.807) is 0 Å². The molecule has 0 fully saturated rings. The van der Waals surface area contributed by atoms with Gasteiger partial charge in [0.1, 0.15) is 0 Å². The van der Waals surface area contributed by atoms with Crippen LogP contribution in [0.15, 0.2) is 58.2 Å². The summed E-state index contributed by atoms with van der Waals surface area (Å²) in [7, 11) is 0. The van der Waals surface area contributed by atoms with Crippen LogP contribution in [-0.4, -0.2) is 11.1 Å². The standard InChI is InChI=1S/C27H44O2/c1-22(2)12-7-13-23(3)14-8-15-24(4)16-9-17-25(5)18-10-19-26(6)20-11-21-27(28)29/h12,14,16,18,20H,7-11,13,15,17,19,21H2,1-6H3,(H,28,29)/b23-14+,24-16+,25-18+,26-20+. The topological polar surface area (TPSA) is 37.3 Å². The molecule has 0 aliphatic carbocycles. The summed E-state index contributed by atoms with van der Waals surface area (Å²) >= 11 is 0. The number of carbonyl (C=O) groups is 1. The molecule has 2 heteroatoms. The average Bonchev–Trinajstić information content (AvgIpc) is 2.61. The molecule has 0 spiro atoms. The van der Waals surface area contributed by atoms with Crippen LogP contribution in [0.5, 0.6) is 0 Å². The van der Waals surface area contributed by atoms with Crippen molar-refractivity contribution in [3.05, 3.63) is 58.2 Å². The smallest absolute Gasteiger partial charge is 0.303 e. The van der Waals surface area contributed by atoms with E-state index >= 15 is 0 Å². The van der Waals surface area contributed by atoms with E-state index < -0.39 is 5.97 Å². The van der Waals surface area contributed by atoms with Crippen molar-refractivity contribution in [1.82, 2.24) is 0 Å². The molecule has 29 heavy (non-hydrogen) atoms. The molecular formula is C27H44O2. The van der Waals surface area contributed by atoms with Crippen molar-refractivity contribution >= 4 is 5.97 Å². The number of rotatable bonds is 15. The Hall–Kier alpha value is -1.83. The Morgan fingerprint density at radius 1 is 0.517 bits per heavy atom. The van der Waals surface area contributed by atoms with Gasteiger partial charge in [0.15, 0.2) is 0 Å². The van der Waals surface area contributed by atoms with Gasteiger partial charge in [-0.1, -0.05) is 58.2 Å². The van der Waals surface area contributed by atoms with E-state index in [0.29, 0.717) is 6.42 Å². The van der Waals surface area contributed by atoms with E-state index in [-0.39, 0.29) is 6.42 Å². The van der Waals surface area contributed by atoms with Gasteiger partial charge in [0.2, 0.25) is 0 Å². The molecule has 0 aromatic heterocycles. The summed E-state index contributed by atoms with van der Waals surface area (Å²) in [5.41, 5.74) is 7.13. The maximum absolute atomic E-state index is 10.5. The third kappa shape index (κ3) is 19.3. The maximum Gasteiger partial charge on any atom is 0.303 e. The van der Waals surface area contributed by atoms with Crippen molar-refractivity contribution < 1.29 is 9.90 Å². The lowest BCUT2D eigenvalue weighted by molar-refractivity contribution is -0.136. The van der Waals surface area contributed by atoms with Gasteiger partial charge in [-0.25, -0.2) is 0 Å². The molecule has 0 bridgehead atoms. The van der Waals surface area contributed by atoms with Gasteiger partial charge in [0, 0.05) is 6.42 Å². The van der Waals surface area contributed by atoms with Crippen molar-refractivity contribution in [3.8, 4) is 0 Å². The third-order valence-electron chi connectivity index (χ3n) is 5.04. The van der Waals surface area contributed by atoms with Crippen LogP contribution in [0.3, 0.4) is 0 Å². The number of carboxylic acid groups (broad SMARTS) is 1. The molecule has 0 unspecified atom stereocenters. The molecule has 0 aromatic rings. The number of hydrogen-bond donors (Lipinski definition) is 1. The van der Waals surface area contributed by atoms with Crippen molar-refractivity contribution in [3.63, 3.8) is 0 Å². The van der Waals surface area contributed by atoms with Crippen LogP contribution in [0.25, 0.3) is 0 Å². The van der Waals surface area contributed by atoms with Crippen molar-refractivity contribution in [1.29, 1.82) is 0 Å². The van der Waals surface area contributed by atoms with Crippen LogP contribution in [0, 0.1) is 0 Å². The monoisotopic (exact) mass is 400 g/mol. The molecule has 0 saturated carbocycles. The van der Waals surface area contributed by atoms with E-state index in [1.807, 2.05) is 0 Å². The Labute approximate surface area is 180 Å². The maximum atomic E-state index is 10.5. The lowest BCUT2D eigenvalue weighted by Crippen LogP contribution is -1.92. The predicted octanol–water partition coefficient (Wildman–Crippen LogP) is 8.72. The highest BCUT2D eigenvalue weighted by Gasteiger charge is 1.96. The van der Waals surface area contributed by atoms with E-state index in [1.165, 1.54) is 34.3 Å². The highest BCUT2D eigenvalue weighted by molar-refractivity contribution is 5.66. The molecule has 0 atom stereocenters. The molecule has 1 N–H and O–H groups in total. The average molecular weight is 401 g/mol. The summed E-state index contributed by atoms with van der Waals surface area (Å²) in [6.07, 6.45) is 21.3. The number of allylic oxidation sites excluding steroid dienone is 10. The Morgan fingerprint density at radius 3 is 1.07 bits per heavy atom. The van der Waals surface area contributed by atoms with Crippen LogP contribution < -0.4 is 0 Å². The SMILES string of the molecule is CC(C)=CCC/C(C)=C/CC/C(C)=C/CC/C(C)=C/CC/C(C)=C/CCC(=O)O. The van der Waals surface area contributed by atoms with Gasteiger partial charge >= 0.3 is 5.97 Å². The summed E-state index contributed by atoms with van der Waals surface area (Å²) in [6, 6.07) is 0. The lowest BCUT2D eigenvalue weighted by Gasteiger charge is -2.03. The van der Waals surface area contributed by atoms with Gasteiger partial charge in [-0.2, -0.15) is 0 Å². The van der Waals surface area contributed by atoms with Gasteiger partial charge in [0.05, 0.1) is 0 Å². The van der Waals surface area contributed by atoms with Crippen LogP contribution >= 0.6 is 0 Å². The Morgan fingerprint density at radius 2 is 0.793 bits per heavy atom. The van der Waals surface area contributed by atoms with Crippen molar-refractivity contribution in [2.45, 2.75) is 106 Å². The first-order valence-corrected chi connectivity index (χ1v) is 11.2. The predicted molar refractivity (Wildman–Crippen MR) is 128 cm³/mol. The number of carboxylic acids is 1. The fraction of sp³-hybridized carbons (Fsp3) is 0.593. The summed E-state index contributed by atoms with van der Waals surface area (Å²) < 4.78 is 0. The molecule has 0 aliphatic rings. The number of hydrogen-bond acceptors (Lipinski definition) is 1.